The fraction of sp³-hybridized carbons (Fsp3) is 0.800. The highest BCUT2D eigenvalue weighted by Crippen LogP contribution is 2.33. The molecule has 3 atom stereocenters. The molecule has 3 unspecified atom stereocenters. The normalized spacial score (nSPS) is 30.9. The van der Waals surface area contributed by atoms with Crippen molar-refractivity contribution in [3.8, 4) is 12.3 Å². The van der Waals surface area contributed by atoms with E-state index in [1.54, 1.807) is 0 Å². The second kappa shape index (κ2) is 8.88. The largest absolute Gasteiger partial charge is 0.353 e. The molecule has 2 amide bonds. The van der Waals surface area contributed by atoms with Gasteiger partial charge in [0, 0.05) is 37.6 Å². The zero-order valence-electron chi connectivity index (χ0n) is 15.9. The van der Waals surface area contributed by atoms with Crippen LogP contribution in [0.2, 0.25) is 0 Å². The van der Waals surface area contributed by atoms with E-state index in [0.29, 0.717) is 19.0 Å². The molecule has 26 heavy (non-hydrogen) atoms. The number of nitrogens with zero attached hydrogens (tertiary/aromatic N) is 2. The minimum atomic E-state index is -0.0385. The van der Waals surface area contributed by atoms with Crippen LogP contribution in [-0.2, 0) is 9.59 Å². The smallest absolute Gasteiger partial charge is 0.239 e. The van der Waals surface area contributed by atoms with Gasteiger partial charge in [-0.3, -0.25) is 19.4 Å². The Morgan fingerprint density at radius 1 is 1.31 bits per heavy atom. The molecule has 3 fully saturated rings. The number of rotatable bonds is 5. The molecule has 2 saturated heterocycles. The standard InChI is InChI=1S/C20H32N4O2/c1-3-12-21-18(25)10-9-16-14-22-20(26)19-17(23(16)2)11-13-24(19)15-7-5-4-6-8-15/h1,15-17,19H,4-14H2,2H3,(H,21,25)(H,22,26). The maximum Gasteiger partial charge on any atom is 0.239 e. The molecule has 3 aliphatic rings. The van der Waals surface area contributed by atoms with Gasteiger partial charge in [0.25, 0.3) is 0 Å². The highest BCUT2D eigenvalue weighted by Gasteiger charge is 2.47. The van der Waals surface area contributed by atoms with Crippen LogP contribution in [0.15, 0.2) is 0 Å². The first-order chi connectivity index (χ1) is 12.6. The molecular weight excluding hydrogens is 328 g/mol. The van der Waals surface area contributed by atoms with Crippen molar-refractivity contribution >= 4 is 11.8 Å². The maximum absolute atomic E-state index is 12.8. The Bertz CT molecular complexity index is 553. The third-order valence-corrected chi connectivity index (χ3v) is 6.42. The van der Waals surface area contributed by atoms with Crippen molar-refractivity contribution < 1.29 is 9.59 Å². The summed E-state index contributed by atoms with van der Waals surface area (Å²) in [6.45, 7) is 1.90. The molecule has 2 aliphatic heterocycles. The van der Waals surface area contributed by atoms with Gasteiger partial charge in [-0.05, 0) is 32.7 Å². The van der Waals surface area contributed by atoms with E-state index in [-0.39, 0.29) is 36.5 Å². The van der Waals surface area contributed by atoms with Crippen LogP contribution < -0.4 is 10.6 Å². The van der Waals surface area contributed by atoms with Crippen LogP contribution in [0.1, 0.15) is 51.4 Å². The summed E-state index contributed by atoms with van der Waals surface area (Å²) < 4.78 is 0. The molecule has 0 aromatic heterocycles. The van der Waals surface area contributed by atoms with E-state index < -0.39 is 0 Å². The van der Waals surface area contributed by atoms with Crippen LogP contribution in [0.5, 0.6) is 0 Å². The van der Waals surface area contributed by atoms with Crippen LogP contribution in [0.4, 0.5) is 0 Å². The van der Waals surface area contributed by atoms with E-state index in [4.69, 9.17) is 6.42 Å². The average molecular weight is 361 g/mol. The van der Waals surface area contributed by atoms with E-state index >= 15 is 0 Å². The van der Waals surface area contributed by atoms with Crippen LogP contribution in [0.25, 0.3) is 0 Å². The molecular formula is C20H32N4O2. The van der Waals surface area contributed by atoms with Crippen molar-refractivity contribution in [3.63, 3.8) is 0 Å². The van der Waals surface area contributed by atoms with Crippen molar-refractivity contribution in [3.05, 3.63) is 0 Å². The molecule has 2 N–H and O–H groups in total. The summed E-state index contributed by atoms with van der Waals surface area (Å²) in [5.41, 5.74) is 0. The zero-order chi connectivity index (χ0) is 18.5. The first kappa shape index (κ1) is 19.2. The summed E-state index contributed by atoms with van der Waals surface area (Å²) in [6.07, 6.45) is 13.7. The van der Waals surface area contributed by atoms with Crippen LogP contribution in [-0.4, -0.2) is 72.5 Å². The summed E-state index contributed by atoms with van der Waals surface area (Å²) in [5.74, 6) is 2.58. The second-order valence-corrected chi connectivity index (χ2v) is 7.91. The maximum atomic E-state index is 12.8. The van der Waals surface area contributed by atoms with Gasteiger partial charge in [0.05, 0.1) is 6.54 Å². The van der Waals surface area contributed by atoms with Gasteiger partial charge in [-0.2, -0.15) is 0 Å². The first-order valence-corrected chi connectivity index (χ1v) is 10.1. The second-order valence-electron chi connectivity index (χ2n) is 7.91. The number of nitrogens with one attached hydrogen (secondary N) is 2. The summed E-state index contributed by atoms with van der Waals surface area (Å²) >= 11 is 0. The lowest BCUT2D eigenvalue weighted by molar-refractivity contribution is -0.127. The summed E-state index contributed by atoms with van der Waals surface area (Å²) in [7, 11) is 2.12. The molecule has 0 aromatic carbocycles. The average Bonchev–Trinajstić information content (AvgIpc) is 3.07. The molecule has 0 radical (unpaired) electrons. The molecule has 1 saturated carbocycles. The number of likely N-dealkylation sites (N-methyl/N-ethyl adjacent to an activating group) is 1. The lowest BCUT2D eigenvalue weighted by Gasteiger charge is -2.37. The molecule has 6 heteroatoms. The number of hydrogen-bond acceptors (Lipinski definition) is 4. The lowest BCUT2D eigenvalue weighted by atomic mass is 9.93. The van der Waals surface area contributed by atoms with Crippen molar-refractivity contribution in [2.24, 2.45) is 0 Å². The summed E-state index contributed by atoms with van der Waals surface area (Å²) in [6, 6.07) is 0.961. The van der Waals surface area contributed by atoms with Crippen molar-refractivity contribution in [1.29, 1.82) is 0 Å². The van der Waals surface area contributed by atoms with E-state index in [1.165, 1.54) is 32.1 Å². The van der Waals surface area contributed by atoms with Gasteiger partial charge in [-0.25, -0.2) is 0 Å². The minimum absolute atomic E-state index is 0.0151. The number of hydrogen-bond donors (Lipinski definition) is 2. The number of amides is 2. The van der Waals surface area contributed by atoms with Gasteiger partial charge in [0.15, 0.2) is 0 Å². The Balaban J connectivity index is 1.62. The van der Waals surface area contributed by atoms with E-state index in [0.717, 1.165) is 19.4 Å². The Morgan fingerprint density at radius 3 is 2.81 bits per heavy atom. The Hall–Kier alpha value is -1.58. The third kappa shape index (κ3) is 4.21. The van der Waals surface area contributed by atoms with Crippen molar-refractivity contribution in [2.75, 3.05) is 26.7 Å². The summed E-state index contributed by atoms with van der Waals surface area (Å²) in [4.78, 5) is 29.5. The Morgan fingerprint density at radius 2 is 2.08 bits per heavy atom. The predicted molar refractivity (Wildman–Crippen MR) is 101 cm³/mol. The van der Waals surface area contributed by atoms with Crippen molar-refractivity contribution in [2.45, 2.75) is 75.5 Å². The van der Waals surface area contributed by atoms with E-state index in [9.17, 15) is 9.59 Å². The van der Waals surface area contributed by atoms with Gasteiger partial charge in [-0.15, -0.1) is 6.42 Å². The van der Waals surface area contributed by atoms with Crippen molar-refractivity contribution in [1.82, 2.24) is 20.4 Å². The quantitative estimate of drug-likeness (QED) is 0.709. The Kier molecular flexibility index (Phi) is 6.55. The van der Waals surface area contributed by atoms with Gasteiger partial charge >= 0.3 is 0 Å². The molecule has 0 aromatic rings. The third-order valence-electron chi connectivity index (χ3n) is 6.42. The topological polar surface area (TPSA) is 64.7 Å². The molecule has 144 valence electrons. The molecule has 2 heterocycles. The van der Waals surface area contributed by atoms with Gasteiger partial charge in [0.1, 0.15) is 6.04 Å². The molecule has 6 nitrogen and oxygen atoms in total. The Labute approximate surface area is 157 Å². The monoisotopic (exact) mass is 360 g/mol. The number of carbonyl (C=O) groups excluding carboxylic acids is 2. The highest BCUT2D eigenvalue weighted by molar-refractivity contribution is 5.83. The fourth-order valence-corrected chi connectivity index (χ4v) is 4.95. The minimum Gasteiger partial charge on any atom is -0.353 e. The van der Waals surface area contributed by atoms with E-state index in [1.807, 2.05) is 0 Å². The molecule has 3 rings (SSSR count). The lowest BCUT2D eigenvalue weighted by Crippen LogP contribution is -2.53. The molecule has 1 aliphatic carbocycles. The van der Waals surface area contributed by atoms with Gasteiger partial charge < -0.3 is 10.6 Å². The number of terminal acetylenes is 1. The van der Waals surface area contributed by atoms with Crippen LogP contribution in [0.3, 0.4) is 0 Å². The van der Waals surface area contributed by atoms with Gasteiger partial charge in [0.2, 0.25) is 11.8 Å². The van der Waals surface area contributed by atoms with E-state index in [2.05, 4.69) is 33.4 Å². The fourth-order valence-electron chi connectivity index (χ4n) is 4.95. The number of carbonyl (C=O) groups is 2. The first-order valence-electron chi connectivity index (χ1n) is 10.1. The van der Waals surface area contributed by atoms with Crippen LogP contribution >= 0.6 is 0 Å². The van der Waals surface area contributed by atoms with Gasteiger partial charge in [-0.1, -0.05) is 25.2 Å². The molecule has 0 bridgehead atoms. The number of likely N-dealkylation sites (tertiary alicyclic amines) is 1. The predicted octanol–water partition coefficient (Wildman–Crippen LogP) is 0.722. The highest BCUT2D eigenvalue weighted by atomic mass is 16.2. The summed E-state index contributed by atoms with van der Waals surface area (Å²) in [5, 5.41) is 5.86. The number of fused-ring (bicyclic) bond motifs is 1. The van der Waals surface area contributed by atoms with Crippen LogP contribution in [0, 0.1) is 12.3 Å². The molecule has 0 spiro atoms. The zero-order valence-corrected chi connectivity index (χ0v) is 15.9. The SMILES string of the molecule is C#CCNC(=O)CCC1CNC(=O)C2C(CCN2C2CCCCC2)N1C.